The Hall–Kier alpha value is -3.69. The van der Waals surface area contributed by atoms with Gasteiger partial charge in [0.15, 0.2) is 5.76 Å². The summed E-state index contributed by atoms with van der Waals surface area (Å²) in [5, 5.41) is 7.13. The summed E-state index contributed by atoms with van der Waals surface area (Å²) in [6.45, 7) is 5.57. The van der Waals surface area contributed by atoms with Crippen LogP contribution in [-0.2, 0) is 20.7 Å². The molecule has 0 aliphatic rings. The minimum atomic E-state index is -0.450. The third-order valence-electron chi connectivity index (χ3n) is 4.38. The summed E-state index contributed by atoms with van der Waals surface area (Å²) in [4.78, 5) is 43.4. The Labute approximate surface area is 172 Å². The quantitative estimate of drug-likeness (QED) is 0.542. The summed E-state index contributed by atoms with van der Waals surface area (Å²) in [6, 6.07) is 5.04. The van der Waals surface area contributed by atoms with E-state index in [4.69, 9.17) is 9.15 Å². The number of aromatic amines is 1. The van der Waals surface area contributed by atoms with Gasteiger partial charge in [-0.3, -0.25) is 19.4 Å². The van der Waals surface area contributed by atoms with Gasteiger partial charge in [-0.2, -0.15) is 9.78 Å². The van der Waals surface area contributed by atoms with Crippen molar-refractivity contribution in [2.24, 2.45) is 0 Å². The first-order valence-electron chi connectivity index (χ1n) is 9.62. The number of hydrogen-bond acceptors (Lipinski definition) is 7. The zero-order chi connectivity index (χ0) is 21.7. The molecule has 0 spiro atoms. The number of anilines is 1. The highest BCUT2D eigenvalue weighted by molar-refractivity contribution is 5.92. The lowest BCUT2D eigenvalue weighted by atomic mass is 10.2. The Kier molecular flexibility index (Phi) is 6.45. The topological polar surface area (TPSA) is 132 Å². The lowest BCUT2D eigenvalue weighted by Gasteiger charge is -2.10. The van der Waals surface area contributed by atoms with Crippen molar-refractivity contribution in [2.75, 3.05) is 11.9 Å². The van der Waals surface area contributed by atoms with Crippen molar-refractivity contribution in [3.63, 3.8) is 0 Å². The highest BCUT2D eigenvalue weighted by atomic mass is 16.5. The highest BCUT2D eigenvalue weighted by Gasteiger charge is 2.18. The van der Waals surface area contributed by atoms with Crippen LogP contribution in [0.1, 0.15) is 37.9 Å². The minimum absolute atomic E-state index is 0.0434. The molecule has 0 unspecified atom stereocenters. The molecule has 158 valence electrons. The molecule has 30 heavy (non-hydrogen) atoms. The van der Waals surface area contributed by atoms with Crippen molar-refractivity contribution in [1.29, 1.82) is 0 Å². The van der Waals surface area contributed by atoms with E-state index in [1.807, 2.05) is 6.92 Å². The highest BCUT2D eigenvalue weighted by Crippen LogP contribution is 2.24. The maximum Gasteiger partial charge on any atom is 0.306 e. The van der Waals surface area contributed by atoms with Crippen LogP contribution >= 0.6 is 0 Å². The Morgan fingerprint density at radius 2 is 2.10 bits per heavy atom. The fourth-order valence-corrected chi connectivity index (χ4v) is 2.94. The van der Waals surface area contributed by atoms with Gasteiger partial charge in [0, 0.05) is 23.7 Å². The number of rotatable bonds is 8. The normalized spacial score (nSPS) is 10.8. The summed E-state index contributed by atoms with van der Waals surface area (Å²) in [7, 11) is 0. The molecule has 10 heteroatoms. The first kappa shape index (κ1) is 21.0. The van der Waals surface area contributed by atoms with Crippen molar-refractivity contribution < 1.29 is 18.7 Å². The standard InChI is InChI=1S/C20H23N5O5/c1-4-13-12(3)21-20(23-19(13)28)25-16(11-14(24-25)15-7-6-10-30-15)22-17(26)8-9-18(27)29-5-2/h6-7,10-11H,4-5,8-9H2,1-3H3,(H,22,26)(H,21,23,28). The zero-order valence-electron chi connectivity index (χ0n) is 17.0. The number of ether oxygens (including phenoxy) is 1. The van der Waals surface area contributed by atoms with Gasteiger partial charge in [0.25, 0.3) is 5.56 Å². The molecule has 0 aromatic carbocycles. The number of H-pyrrole nitrogens is 1. The molecule has 0 bridgehead atoms. The van der Waals surface area contributed by atoms with Crippen molar-refractivity contribution in [2.45, 2.75) is 40.0 Å². The third-order valence-corrected chi connectivity index (χ3v) is 4.38. The molecule has 2 N–H and O–H groups in total. The van der Waals surface area contributed by atoms with E-state index >= 15 is 0 Å². The summed E-state index contributed by atoms with van der Waals surface area (Å²) < 4.78 is 11.5. The number of nitrogens with one attached hydrogen (secondary N) is 2. The average Bonchev–Trinajstić information content (AvgIpc) is 3.36. The monoisotopic (exact) mass is 413 g/mol. The number of carbonyl (C=O) groups excluding carboxylic acids is 2. The van der Waals surface area contributed by atoms with Gasteiger partial charge in [-0.25, -0.2) is 4.98 Å². The second kappa shape index (κ2) is 9.21. The van der Waals surface area contributed by atoms with Crippen molar-refractivity contribution in [3.05, 3.63) is 46.1 Å². The Morgan fingerprint density at radius 3 is 2.73 bits per heavy atom. The Bertz CT molecular complexity index is 1100. The Balaban J connectivity index is 1.93. The summed E-state index contributed by atoms with van der Waals surface area (Å²) in [6.07, 6.45) is 1.95. The second-order valence-electron chi connectivity index (χ2n) is 6.46. The number of hydrogen-bond donors (Lipinski definition) is 2. The smallest absolute Gasteiger partial charge is 0.306 e. The predicted octanol–water partition coefficient (Wildman–Crippen LogP) is 2.37. The molecule has 1 amide bonds. The van der Waals surface area contributed by atoms with Gasteiger partial charge in [0.1, 0.15) is 11.5 Å². The molecule has 0 radical (unpaired) electrons. The summed E-state index contributed by atoms with van der Waals surface area (Å²) >= 11 is 0. The molecule has 0 saturated heterocycles. The number of furan rings is 1. The van der Waals surface area contributed by atoms with E-state index < -0.39 is 11.9 Å². The van der Waals surface area contributed by atoms with Gasteiger partial charge in [-0.1, -0.05) is 6.92 Å². The van der Waals surface area contributed by atoms with Gasteiger partial charge in [-0.15, -0.1) is 0 Å². The minimum Gasteiger partial charge on any atom is -0.466 e. The Morgan fingerprint density at radius 1 is 1.30 bits per heavy atom. The van der Waals surface area contributed by atoms with Gasteiger partial charge >= 0.3 is 5.97 Å². The fraction of sp³-hybridized carbons (Fsp3) is 0.350. The lowest BCUT2D eigenvalue weighted by Crippen LogP contribution is -2.22. The molecule has 0 atom stereocenters. The molecule has 3 rings (SSSR count). The fourth-order valence-electron chi connectivity index (χ4n) is 2.94. The molecule has 0 aliphatic heterocycles. The molecule has 3 heterocycles. The van der Waals surface area contributed by atoms with E-state index in [2.05, 4.69) is 20.4 Å². The molecule has 0 fully saturated rings. The van der Waals surface area contributed by atoms with Crippen LogP contribution in [0.15, 0.2) is 33.7 Å². The largest absolute Gasteiger partial charge is 0.466 e. The number of nitrogens with zero attached hydrogens (tertiary/aromatic N) is 3. The molecular formula is C20H23N5O5. The predicted molar refractivity (Wildman–Crippen MR) is 108 cm³/mol. The second-order valence-corrected chi connectivity index (χ2v) is 6.46. The zero-order valence-corrected chi connectivity index (χ0v) is 17.0. The van der Waals surface area contributed by atoms with E-state index in [0.717, 1.165) is 0 Å². The molecule has 10 nitrogen and oxygen atoms in total. The van der Waals surface area contributed by atoms with E-state index in [0.29, 0.717) is 29.1 Å². The van der Waals surface area contributed by atoms with Crippen molar-refractivity contribution in [3.8, 4) is 17.4 Å². The number of aryl methyl sites for hydroxylation is 1. The first-order valence-corrected chi connectivity index (χ1v) is 9.62. The van der Waals surface area contributed by atoms with Gasteiger partial charge in [0.2, 0.25) is 11.9 Å². The molecule has 3 aromatic heterocycles. The SMILES string of the molecule is CCOC(=O)CCC(=O)Nc1cc(-c2ccco2)nn1-c1nc(C)c(CC)c(=O)[nH]1. The maximum absolute atomic E-state index is 12.4. The van der Waals surface area contributed by atoms with Crippen LogP contribution in [0.3, 0.4) is 0 Å². The molecule has 0 aliphatic carbocycles. The first-order chi connectivity index (χ1) is 14.4. The van der Waals surface area contributed by atoms with Crippen LogP contribution in [0.2, 0.25) is 0 Å². The molecule has 0 saturated carbocycles. The number of esters is 1. The van der Waals surface area contributed by atoms with E-state index in [1.54, 1.807) is 32.0 Å². The van der Waals surface area contributed by atoms with Crippen molar-refractivity contribution >= 4 is 17.7 Å². The van der Waals surface area contributed by atoms with Crippen LogP contribution in [0.4, 0.5) is 5.82 Å². The van der Waals surface area contributed by atoms with Gasteiger partial charge < -0.3 is 14.5 Å². The van der Waals surface area contributed by atoms with Crippen LogP contribution < -0.4 is 10.9 Å². The number of aromatic nitrogens is 4. The van der Waals surface area contributed by atoms with Gasteiger partial charge in [0.05, 0.1) is 19.3 Å². The number of carbonyl (C=O) groups is 2. The van der Waals surface area contributed by atoms with E-state index in [-0.39, 0.29) is 36.8 Å². The van der Waals surface area contributed by atoms with Crippen LogP contribution in [0.5, 0.6) is 0 Å². The number of amides is 1. The van der Waals surface area contributed by atoms with Crippen LogP contribution in [-0.4, -0.2) is 38.2 Å². The van der Waals surface area contributed by atoms with E-state index in [1.165, 1.54) is 10.9 Å². The molecular weight excluding hydrogens is 390 g/mol. The van der Waals surface area contributed by atoms with Crippen LogP contribution in [0, 0.1) is 6.92 Å². The van der Waals surface area contributed by atoms with Crippen LogP contribution in [0.25, 0.3) is 17.4 Å². The lowest BCUT2D eigenvalue weighted by molar-refractivity contribution is -0.144. The third kappa shape index (κ3) is 4.65. The maximum atomic E-state index is 12.4. The molecule has 3 aromatic rings. The summed E-state index contributed by atoms with van der Waals surface area (Å²) in [5.41, 5.74) is 1.33. The van der Waals surface area contributed by atoms with E-state index in [9.17, 15) is 14.4 Å². The van der Waals surface area contributed by atoms with Gasteiger partial charge in [-0.05, 0) is 32.4 Å². The van der Waals surface area contributed by atoms with Crippen molar-refractivity contribution in [1.82, 2.24) is 19.7 Å². The summed E-state index contributed by atoms with van der Waals surface area (Å²) in [5.74, 6) is 0.0731. The average molecular weight is 413 g/mol.